The maximum atomic E-state index is 12.7. The lowest BCUT2D eigenvalue weighted by Gasteiger charge is -2.26. The van der Waals surface area contributed by atoms with Gasteiger partial charge in [0.1, 0.15) is 5.54 Å². The molecule has 1 aliphatic carbocycles. The standard InChI is InChI=1S/C18H19N5O3S2/c1-11-19-16(23-26-11)18(6-2-3-7-18)22-14(24)9-12-10-28-17(20-12)21-15(25)13-5-4-8-27-13/h4-5,8,10H,2-3,6-7,9H2,1H3,(H,22,24)(H,20,21,25). The smallest absolute Gasteiger partial charge is 0.267 e. The van der Waals surface area contributed by atoms with E-state index < -0.39 is 5.54 Å². The van der Waals surface area contributed by atoms with Crippen molar-refractivity contribution in [3.8, 4) is 0 Å². The lowest BCUT2D eigenvalue weighted by atomic mass is 9.96. The van der Waals surface area contributed by atoms with Crippen LogP contribution < -0.4 is 10.6 Å². The molecule has 1 fully saturated rings. The quantitative estimate of drug-likeness (QED) is 0.637. The first-order chi connectivity index (χ1) is 13.5. The highest BCUT2D eigenvalue weighted by Gasteiger charge is 2.41. The highest BCUT2D eigenvalue weighted by molar-refractivity contribution is 7.14. The zero-order valence-electron chi connectivity index (χ0n) is 15.2. The molecule has 8 nitrogen and oxygen atoms in total. The molecule has 0 spiro atoms. The average Bonchev–Trinajstić information content (AvgIpc) is 3.42. The van der Waals surface area contributed by atoms with Crippen LogP contribution in [0.3, 0.4) is 0 Å². The zero-order valence-corrected chi connectivity index (χ0v) is 16.9. The van der Waals surface area contributed by atoms with Crippen LogP contribution in [0.1, 0.15) is 52.8 Å². The SMILES string of the molecule is Cc1nc(C2(NC(=O)Cc3csc(NC(=O)c4cccs4)n3)CCCC2)no1. The molecule has 0 aliphatic heterocycles. The number of aromatic nitrogens is 3. The van der Waals surface area contributed by atoms with E-state index >= 15 is 0 Å². The van der Waals surface area contributed by atoms with Gasteiger partial charge in [0.2, 0.25) is 11.8 Å². The minimum atomic E-state index is -0.568. The second-order valence-electron chi connectivity index (χ2n) is 6.73. The maximum absolute atomic E-state index is 12.7. The minimum Gasteiger partial charge on any atom is -0.343 e. The first kappa shape index (κ1) is 18.8. The van der Waals surface area contributed by atoms with Gasteiger partial charge in [-0.15, -0.1) is 22.7 Å². The number of thiophene rings is 1. The Labute approximate surface area is 169 Å². The molecule has 2 amide bonds. The summed E-state index contributed by atoms with van der Waals surface area (Å²) in [6, 6.07) is 3.57. The predicted octanol–water partition coefficient (Wildman–Crippen LogP) is 3.28. The molecule has 4 rings (SSSR count). The van der Waals surface area contributed by atoms with E-state index in [-0.39, 0.29) is 18.2 Å². The highest BCUT2D eigenvalue weighted by atomic mass is 32.1. The Morgan fingerprint density at radius 1 is 1.25 bits per heavy atom. The number of anilines is 1. The molecule has 2 N–H and O–H groups in total. The van der Waals surface area contributed by atoms with E-state index in [1.54, 1.807) is 18.4 Å². The number of nitrogens with zero attached hydrogens (tertiary/aromatic N) is 3. The third-order valence-corrected chi connectivity index (χ3v) is 6.33. The van der Waals surface area contributed by atoms with Gasteiger partial charge in [0.15, 0.2) is 11.0 Å². The number of thiazole rings is 1. The number of amides is 2. The largest absolute Gasteiger partial charge is 0.343 e. The number of rotatable bonds is 6. The average molecular weight is 418 g/mol. The van der Waals surface area contributed by atoms with Gasteiger partial charge < -0.3 is 9.84 Å². The highest BCUT2D eigenvalue weighted by Crippen LogP contribution is 2.37. The number of carbonyl (C=O) groups is 2. The van der Waals surface area contributed by atoms with Crippen molar-refractivity contribution in [1.29, 1.82) is 0 Å². The number of hydrogen-bond acceptors (Lipinski definition) is 8. The van der Waals surface area contributed by atoms with Gasteiger partial charge >= 0.3 is 0 Å². The first-order valence-electron chi connectivity index (χ1n) is 8.95. The molecule has 3 heterocycles. The molecule has 1 saturated carbocycles. The fourth-order valence-corrected chi connectivity index (χ4v) is 4.69. The summed E-state index contributed by atoms with van der Waals surface area (Å²) in [5.41, 5.74) is 0.0441. The van der Waals surface area contributed by atoms with Crippen molar-refractivity contribution < 1.29 is 14.1 Å². The van der Waals surface area contributed by atoms with Crippen molar-refractivity contribution in [2.75, 3.05) is 5.32 Å². The minimum absolute atomic E-state index is 0.129. The van der Waals surface area contributed by atoms with E-state index in [0.717, 1.165) is 25.7 Å². The summed E-state index contributed by atoms with van der Waals surface area (Å²) >= 11 is 2.67. The number of aryl methyl sites for hydroxylation is 1. The molecule has 0 radical (unpaired) electrons. The van der Waals surface area contributed by atoms with Crippen molar-refractivity contribution in [2.45, 2.75) is 44.6 Å². The van der Waals surface area contributed by atoms with Gasteiger partial charge in [-0.1, -0.05) is 24.1 Å². The van der Waals surface area contributed by atoms with Crippen LogP contribution in [-0.2, 0) is 16.8 Å². The van der Waals surface area contributed by atoms with Crippen molar-refractivity contribution in [3.05, 3.63) is 45.2 Å². The Kier molecular flexibility index (Phi) is 5.23. The Hall–Kier alpha value is -2.59. The van der Waals surface area contributed by atoms with Gasteiger partial charge in [-0.3, -0.25) is 14.9 Å². The molecule has 10 heteroatoms. The van der Waals surface area contributed by atoms with E-state index in [4.69, 9.17) is 4.52 Å². The van der Waals surface area contributed by atoms with Crippen molar-refractivity contribution in [3.63, 3.8) is 0 Å². The van der Waals surface area contributed by atoms with Crippen LogP contribution in [-0.4, -0.2) is 26.9 Å². The van der Waals surface area contributed by atoms with Crippen LogP contribution in [0.25, 0.3) is 0 Å². The van der Waals surface area contributed by atoms with Crippen LogP contribution in [0, 0.1) is 6.92 Å². The Morgan fingerprint density at radius 2 is 2.07 bits per heavy atom. The van der Waals surface area contributed by atoms with Crippen molar-refractivity contribution in [1.82, 2.24) is 20.4 Å². The fraction of sp³-hybridized carbons (Fsp3) is 0.389. The molecule has 0 atom stereocenters. The van der Waals surface area contributed by atoms with Gasteiger partial charge in [-0.2, -0.15) is 4.98 Å². The molecule has 28 heavy (non-hydrogen) atoms. The number of hydrogen-bond donors (Lipinski definition) is 2. The molecule has 1 aliphatic rings. The molecule has 0 saturated heterocycles. The lowest BCUT2D eigenvalue weighted by Crippen LogP contribution is -2.45. The second kappa shape index (κ2) is 7.80. The van der Waals surface area contributed by atoms with Gasteiger partial charge in [0.25, 0.3) is 5.91 Å². The van der Waals surface area contributed by atoms with Crippen LogP contribution >= 0.6 is 22.7 Å². The summed E-state index contributed by atoms with van der Waals surface area (Å²) in [5.74, 6) is 0.683. The molecule has 3 aromatic heterocycles. The summed E-state index contributed by atoms with van der Waals surface area (Å²) in [6.07, 6.45) is 3.71. The van der Waals surface area contributed by atoms with Gasteiger partial charge in [-0.05, 0) is 24.3 Å². The molecular weight excluding hydrogens is 398 g/mol. The summed E-state index contributed by atoms with van der Waals surface area (Å²) in [5, 5.41) is 14.0. The van der Waals surface area contributed by atoms with Crippen molar-refractivity contribution in [2.24, 2.45) is 0 Å². The normalized spacial score (nSPS) is 15.5. The predicted molar refractivity (Wildman–Crippen MR) is 105 cm³/mol. The molecule has 3 aromatic rings. The number of carbonyl (C=O) groups excluding carboxylic acids is 2. The maximum Gasteiger partial charge on any atom is 0.267 e. The third kappa shape index (κ3) is 3.97. The fourth-order valence-electron chi connectivity index (χ4n) is 3.36. The van der Waals surface area contributed by atoms with E-state index in [9.17, 15) is 9.59 Å². The second-order valence-corrected chi connectivity index (χ2v) is 8.53. The molecule has 0 aromatic carbocycles. The first-order valence-corrected chi connectivity index (χ1v) is 10.7. The Bertz CT molecular complexity index is 973. The van der Waals surface area contributed by atoms with Gasteiger partial charge in [0.05, 0.1) is 17.0 Å². The summed E-state index contributed by atoms with van der Waals surface area (Å²) in [7, 11) is 0. The topological polar surface area (TPSA) is 110 Å². The van der Waals surface area contributed by atoms with Crippen LogP contribution in [0.4, 0.5) is 5.13 Å². The van der Waals surface area contributed by atoms with E-state index in [1.165, 1.54) is 22.7 Å². The van der Waals surface area contributed by atoms with Crippen LogP contribution in [0.15, 0.2) is 27.4 Å². The van der Waals surface area contributed by atoms with E-state index in [1.807, 2.05) is 11.4 Å². The molecule has 0 unspecified atom stereocenters. The summed E-state index contributed by atoms with van der Waals surface area (Å²) in [6.45, 7) is 1.74. The Morgan fingerprint density at radius 3 is 2.75 bits per heavy atom. The van der Waals surface area contributed by atoms with E-state index in [2.05, 4.69) is 25.8 Å². The van der Waals surface area contributed by atoms with E-state index in [0.29, 0.717) is 27.4 Å². The summed E-state index contributed by atoms with van der Waals surface area (Å²) < 4.78 is 5.11. The molecular formula is C18H19N5O3S2. The molecule has 146 valence electrons. The molecule has 0 bridgehead atoms. The van der Waals surface area contributed by atoms with Gasteiger partial charge in [0, 0.05) is 12.3 Å². The summed E-state index contributed by atoms with van der Waals surface area (Å²) in [4.78, 5) is 34.1. The monoisotopic (exact) mass is 417 g/mol. The third-order valence-electron chi connectivity index (χ3n) is 4.65. The zero-order chi connectivity index (χ0) is 19.6. The Balaban J connectivity index is 1.40. The van der Waals surface area contributed by atoms with Crippen molar-refractivity contribution >= 4 is 39.6 Å². The van der Waals surface area contributed by atoms with Gasteiger partial charge in [-0.25, -0.2) is 4.98 Å². The van der Waals surface area contributed by atoms with Crippen LogP contribution in [0.5, 0.6) is 0 Å². The number of nitrogens with one attached hydrogen (secondary N) is 2. The van der Waals surface area contributed by atoms with Crippen LogP contribution in [0.2, 0.25) is 0 Å². The lowest BCUT2D eigenvalue weighted by molar-refractivity contribution is -0.122.